The van der Waals surface area contributed by atoms with Gasteiger partial charge in [0.2, 0.25) is 0 Å². The SMILES string of the molecule is CCCSc1nc(N[C@@H]2C[C@H]2c2ccc(F)c(F)c2)c2nnn([C@@H]3C[C@H](CCC(=O)O)O[C@H]3CO)c2n1. The first-order chi connectivity index (χ1) is 17.9. The number of nitrogens with one attached hydrogen (secondary N) is 1. The van der Waals surface area contributed by atoms with Crippen molar-refractivity contribution in [3.05, 3.63) is 35.4 Å². The second kappa shape index (κ2) is 10.8. The third kappa shape index (κ3) is 5.53. The summed E-state index contributed by atoms with van der Waals surface area (Å²) >= 11 is 1.50. The molecule has 0 amide bonds. The minimum Gasteiger partial charge on any atom is -0.481 e. The normalized spacial score (nSPS) is 25.0. The number of carboxylic acid groups (broad SMARTS) is 1. The average molecular weight is 535 g/mol. The van der Waals surface area contributed by atoms with Gasteiger partial charge in [0.05, 0.1) is 18.8 Å². The van der Waals surface area contributed by atoms with E-state index in [1.807, 2.05) is 0 Å². The summed E-state index contributed by atoms with van der Waals surface area (Å²) in [6.45, 7) is 1.81. The van der Waals surface area contributed by atoms with Crippen molar-refractivity contribution in [2.24, 2.45) is 0 Å². The van der Waals surface area contributed by atoms with Gasteiger partial charge < -0.3 is 20.3 Å². The topological polar surface area (TPSA) is 135 Å². The third-order valence-corrected chi connectivity index (χ3v) is 7.75. The van der Waals surface area contributed by atoms with Crippen molar-refractivity contribution >= 4 is 34.7 Å². The van der Waals surface area contributed by atoms with Gasteiger partial charge in [-0.3, -0.25) is 4.79 Å². The predicted octanol–water partition coefficient (Wildman–Crippen LogP) is 3.53. The maximum Gasteiger partial charge on any atom is 0.303 e. The lowest BCUT2D eigenvalue weighted by molar-refractivity contribution is -0.137. The molecule has 13 heteroatoms. The molecule has 1 saturated carbocycles. The van der Waals surface area contributed by atoms with Crippen LogP contribution in [-0.2, 0) is 9.53 Å². The lowest BCUT2D eigenvalue weighted by Crippen LogP contribution is -2.25. The Labute approximate surface area is 215 Å². The summed E-state index contributed by atoms with van der Waals surface area (Å²) < 4.78 is 34.6. The number of nitrogens with zero attached hydrogens (tertiary/aromatic N) is 5. The molecule has 0 radical (unpaired) electrons. The monoisotopic (exact) mass is 534 g/mol. The number of aliphatic carboxylic acids is 1. The number of ether oxygens (including phenoxy) is 1. The number of halogens is 2. The molecule has 10 nitrogen and oxygen atoms in total. The van der Waals surface area contributed by atoms with Gasteiger partial charge in [0.25, 0.3) is 0 Å². The lowest BCUT2D eigenvalue weighted by atomic mass is 10.1. The van der Waals surface area contributed by atoms with Gasteiger partial charge in [-0.2, -0.15) is 0 Å². The molecule has 1 aliphatic heterocycles. The fourth-order valence-electron chi connectivity index (χ4n) is 4.74. The van der Waals surface area contributed by atoms with E-state index < -0.39 is 23.7 Å². The molecule has 0 unspecified atom stereocenters. The Hall–Kier alpha value is -2.90. The number of anilines is 1. The van der Waals surface area contributed by atoms with Crippen LogP contribution in [0.2, 0.25) is 0 Å². The molecule has 2 aromatic heterocycles. The van der Waals surface area contributed by atoms with Crippen LogP contribution in [0.4, 0.5) is 14.6 Å². The van der Waals surface area contributed by atoms with Crippen LogP contribution >= 0.6 is 11.8 Å². The average Bonchev–Trinajstić information content (AvgIpc) is 3.31. The second-order valence-electron chi connectivity index (χ2n) is 9.39. The quantitative estimate of drug-likeness (QED) is 0.248. The fraction of sp³-hybridized carbons (Fsp3) is 0.542. The molecule has 3 aromatic rings. The molecule has 1 saturated heterocycles. The minimum atomic E-state index is -0.901. The fourth-order valence-corrected chi connectivity index (χ4v) is 5.43. The summed E-state index contributed by atoms with van der Waals surface area (Å²) in [5.74, 6) is -1.31. The van der Waals surface area contributed by atoms with Gasteiger partial charge in [-0.1, -0.05) is 30.0 Å². The largest absolute Gasteiger partial charge is 0.481 e. The van der Waals surface area contributed by atoms with Crippen molar-refractivity contribution in [1.29, 1.82) is 0 Å². The van der Waals surface area contributed by atoms with E-state index in [1.165, 1.54) is 17.8 Å². The van der Waals surface area contributed by atoms with Crippen molar-refractivity contribution < 1.29 is 28.5 Å². The number of aliphatic hydroxyl groups excluding tert-OH is 1. The predicted molar refractivity (Wildman–Crippen MR) is 132 cm³/mol. The highest BCUT2D eigenvalue weighted by Crippen LogP contribution is 2.44. The van der Waals surface area contributed by atoms with Gasteiger partial charge in [-0.05, 0) is 43.4 Å². The van der Waals surface area contributed by atoms with E-state index in [1.54, 1.807) is 10.7 Å². The van der Waals surface area contributed by atoms with Crippen LogP contribution in [0.1, 0.15) is 56.6 Å². The van der Waals surface area contributed by atoms with E-state index in [2.05, 4.69) is 27.5 Å². The summed E-state index contributed by atoms with van der Waals surface area (Å²) in [7, 11) is 0. The standard InChI is InChI=1S/C24H28F2N6O4S/c1-2-7-37-24-28-22(27-17-10-14(17)12-3-5-15(25)16(26)8-12)21-23(29-24)32(31-30-21)18-9-13(4-6-20(34)35)36-19(18)11-33/h3,5,8,13-14,17-19,33H,2,4,6-7,9-11H2,1H3,(H,34,35)(H,27,28,29)/t13-,14-,17+,18+,19-/m0/s1. The molecule has 2 fully saturated rings. The number of hydrogen-bond acceptors (Lipinski definition) is 9. The number of benzene rings is 1. The van der Waals surface area contributed by atoms with E-state index >= 15 is 0 Å². The van der Waals surface area contributed by atoms with E-state index in [9.17, 15) is 18.7 Å². The second-order valence-corrected chi connectivity index (χ2v) is 10.5. The Morgan fingerprint density at radius 2 is 2.11 bits per heavy atom. The Bertz CT molecular complexity index is 1290. The van der Waals surface area contributed by atoms with Gasteiger partial charge in [0.1, 0.15) is 6.10 Å². The molecule has 1 aromatic carbocycles. The smallest absolute Gasteiger partial charge is 0.303 e. The Morgan fingerprint density at radius 3 is 2.84 bits per heavy atom. The lowest BCUT2D eigenvalue weighted by Gasteiger charge is -2.16. The molecule has 37 heavy (non-hydrogen) atoms. The molecular formula is C24H28F2N6O4S. The van der Waals surface area contributed by atoms with Crippen molar-refractivity contribution in [2.75, 3.05) is 17.7 Å². The Balaban J connectivity index is 1.42. The maximum atomic E-state index is 13.7. The Morgan fingerprint density at radius 1 is 1.27 bits per heavy atom. The number of rotatable bonds is 11. The molecule has 1 aliphatic carbocycles. The Kier molecular flexibility index (Phi) is 7.54. The highest BCUT2D eigenvalue weighted by atomic mass is 32.2. The maximum absolute atomic E-state index is 13.7. The van der Waals surface area contributed by atoms with Crippen molar-refractivity contribution in [3.63, 3.8) is 0 Å². The van der Waals surface area contributed by atoms with Gasteiger partial charge in [-0.25, -0.2) is 23.4 Å². The van der Waals surface area contributed by atoms with E-state index in [0.29, 0.717) is 40.5 Å². The van der Waals surface area contributed by atoms with E-state index in [0.717, 1.165) is 24.7 Å². The van der Waals surface area contributed by atoms with Crippen molar-refractivity contribution in [3.8, 4) is 0 Å². The van der Waals surface area contributed by atoms with Crippen LogP contribution in [0.3, 0.4) is 0 Å². The van der Waals surface area contributed by atoms with Gasteiger partial charge >= 0.3 is 5.97 Å². The highest BCUT2D eigenvalue weighted by molar-refractivity contribution is 7.99. The first kappa shape index (κ1) is 25.7. The zero-order valence-electron chi connectivity index (χ0n) is 20.2. The number of carbonyl (C=O) groups is 1. The third-order valence-electron chi connectivity index (χ3n) is 6.70. The summed E-state index contributed by atoms with van der Waals surface area (Å²) in [6, 6.07) is 3.56. The van der Waals surface area contributed by atoms with E-state index in [4.69, 9.17) is 14.8 Å². The van der Waals surface area contributed by atoms with Gasteiger partial charge in [0, 0.05) is 24.1 Å². The number of thioether (sulfide) groups is 1. The highest BCUT2D eigenvalue weighted by Gasteiger charge is 2.41. The number of carboxylic acids is 1. The number of hydrogen-bond donors (Lipinski definition) is 3. The molecule has 5 atom stereocenters. The van der Waals surface area contributed by atoms with Crippen molar-refractivity contribution in [1.82, 2.24) is 25.0 Å². The summed E-state index contributed by atoms with van der Waals surface area (Å²) in [4.78, 5) is 20.4. The van der Waals surface area contributed by atoms with Crippen LogP contribution in [0.15, 0.2) is 23.4 Å². The molecule has 0 bridgehead atoms. The first-order valence-electron chi connectivity index (χ1n) is 12.3. The van der Waals surface area contributed by atoms with Gasteiger partial charge in [-0.15, -0.1) is 5.10 Å². The molecular weight excluding hydrogens is 506 g/mol. The van der Waals surface area contributed by atoms with Crippen LogP contribution in [0.25, 0.3) is 11.2 Å². The summed E-state index contributed by atoms with van der Waals surface area (Å²) in [5, 5.41) is 31.5. The molecule has 3 N–H and O–H groups in total. The molecule has 0 spiro atoms. The molecule has 5 rings (SSSR count). The van der Waals surface area contributed by atoms with Crippen LogP contribution in [-0.4, -0.2) is 71.8 Å². The summed E-state index contributed by atoms with van der Waals surface area (Å²) in [5.41, 5.74) is 1.67. The minimum absolute atomic E-state index is 0.0129. The number of fused-ring (bicyclic) bond motifs is 1. The van der Waals surface area contributed by atoms with Gasteiger partial charge in [0.15, 0.2) is 33.8 Å². The van der Waals surface area contributed by atoms with E-state index in [-0.39, 0.29) is 37.1 Å². The molecule has 2 aliphatic rings. The number of aromatic nitrogens is 5. The zero-order valence-corrected chi connectivity index (χ0v) is 21.0. The first-order valence-corrected chi connectivity index (χ1v) is 13.3. The number of aliphatic hydroxyl groups is 1. The van der Waals surface area contributed by atoms with Crippen LogP contribution in [0.5, 0.6) is 0 Å². The van der Waals surface area contributed by atoms with Crippen LogP contribution < -0.4 is 5.32 Å². The molecule has 198 valence electrons. The van der Waals surface area contributed by atoms with Crippen LogP contribution in [0, 0.1) is 11.6 Å². The zero-order chi connectivity index (χ0) is 26.1. The summed E-state index contributed by atoms with van der Waals surface area (Å²) in [6.07, 6.45) is 1.56. The van der Waals surface area contributed by atoms with Crippen molar-refractivity contribution in [2.45, 2.75) is 74.4 Å². The molecule has 3 heterocycles.